The standard InChI is InChI=1S/C7H11BrN2OS/c1-5(11-2)3-9-7-10-6(8)4-12-7/h4-5H,3H2,1-2H3,(H,9,10). The van der Waals surface area contributed by atoms with Gasteiger partial charge < -0.3 is 10.1 Å². The second-order valence-corrected chi connectivity index (χ2v) is 4.07. The molecule has 0 saturated carbocycles. The van der Waals surface area contributed by atoms with Gasteiger partial charge in [0, 0.05) is 19.0 Å². The van der Waals surface area contributed by atoms with E-state index in [0.717, 1.165) is 16.3 Å². The van der Waals surface area contributed by atoms with Crippen LogP contribution in [0.15, 0.2) is 9.98 Å². The Morgan fingerprint density at radius 1 is 1.83 bits per heavy atom. The normalized spacial score (nSPS) is 12.9. The van der Waals surface area contributed by atoms with Crippen LogP contribution < -0.4 is 5.32 Å². The Morgan fingerprint density at radius 3 is 3.08 bits per heavy atom. The maximum absolute atomic E-state index is 5.08. The number of methoxy groups -OCH3 is 1. The van der Waals surface area contributed by atoms with Crippen LogP contribution in [-0.4, -0.2) is 24.7 Å². The van der Waals surface area contributed by atoms with E-state index < -0.39 is 0 Å². The molecule has 1 aromatic heterocycles. The molecule has 0 aromatic carbocycles. The van der Waals surface area contributed by atoms with Gasteiger partial charge in [-0.3, -0.25) is 0 Å². The summed E-state index contributed by atoms with van der Waals surface area (Å²) >= 11 is 4.86. The van der Waals surface area contributed by atoms with Crippen LogP contribution in [0.1, 0.15) is 6.92 Å². The number of halogens is 1. The molecule has 0 aliphatic heterocycles. The fourth-order valence-corrected chi connectivity index (χ4v) is 1.80. The number of ether oxygens (including phenoxy) is 1. The summed E-state index contributed by atoms with van der Waals surface area (Å²) in [6, 6.07) is 0. The summed E-state index contributed by atoms with van der Waals surface area (Å²) in [5.41, 5.74) is 0. The van der Waals surface area contributed by atoms with Crippen LogP contribution >= 0.6 is 27.3 Å². The molecular formula is C7H11BrN2OS. The van der Waals surface area contributed by atoms with Crippen molar-refractivity contribution < 1.29 is 4.74 Å². The van der Waals surface area contributed by atoms with E-state index in [1.807, 2.05) is 12.3 Å². The average molecular weight is 251 g/mol. The molecule has 0 aliphatic rings. The number of aromatic nitrogens is 1. The van der Waals surface area contributed by atoms with Gasteiger partial charge in [-0.1, -0.05) is 0 Å². The first-order valence-corrected chi connectivity index (χ1v) is 5.27. The van der Waals surface area contributed by atoms with Crippen molar-refractivity contribution in [1.82, 2.24) is 4.98 Å². The first kappa shape index (κ1) is 9.95. The van der Waals surface area contributed by atoms with E-state index in [-0.39, 0.29) is 6.10 Å². The smallest absolute Gasteiger partial charge is 0.183 e. The van der Waals surface area contributed by atoms with Crippen molar-refractivity contribution in [3.63, 3.8) is 0 Å². The van der Waals surface area contributed by atoms with E-state index >= 15 is 0 Å². The molecule has 68 valence electrons. The lowest BCUT2D eigenvalue weighted by Gasteiger charge is -2.08. The van der Waals surface area contributed by atoms with Gasteiger partial charge in [0.05, 0.1) is 6.10 Å². The Hall–Kier alpha value is -0.130. The molecule has 1 heterocycles. The Kier molecular flexibility index (Phi) is 3.97. The van der Waals surface area contributed by atoms with Crippen LogP contribution in [0.5, 0.6) is 0 Å². The van der Waals surface area contributed by atoms with Gasteiger partial charge in [0.15, 0.2) is 5.13 Å². The van der Waals surface area contributed by atoms with E-state index in [2.05, 4.69) is 26.2 Å². The number of nitrogens with zero attached hydrogens (tertiary/aromatic N) is 1. The number of nitrogens with one attached hydrogen (secondary N) is 1. The molecule has 1 aromatic rings. The lowest BCUT2D eigenvalue weighted by molar-refractivity contribution is 0.129. The van der Waals surface area contributed by atoms with Crippen molar-refractivity contribution >= 4 is 32.4 Å². The molecule has 1 atom stereocenters. The molecule has 12 heavy (non-hydrogen) atoms. The number of hydrogen-bond donors (Lipinski definition) is 1. The molecule has 0 amide bonds. The van der Waals surface area contributed by atoms with E-state index in [1.165, 1.54) is 0 Å². The van der Waals surface area contributed by atoms with E-state index in [9.17, 15) is 0 Å². The van der Waals surface area contributed by atoms with Crippen molar-refractivity contribution in [3.05, 3.63) is 9.98 Å². The average Bonchev–Trinajstić information content (AvgIpc) is 2.47. The molecular weight excluding hydrogens is 240 g/mol. The fraction of sp³-hybridized carbons (Fsp3) is 0.571. The van der Waals surface area contributed by atoms with Gasteiger partial charge in [0.1, 0.15) is 4.60 Å². The SMILES string of the molecule is COC(C)CNc1nc(Br)cs1. The van der Waals surface area contributed by atoms with E-state index in [1.54, 1.807) is 18.4 Å². The maximum atomic E-state index is 5.08. The third-order valence-corrected chi connectivity index (χ3v) is 2.93. The highest BCUT2D eigenvalue weighted by Crippen LogP contribution is 2.19. The Labute approximate surface area is 84.3 Å². The summed E-state index contributed by atoms with van der Waals surface area (Å²) in [6.07, 6.45) is 0.215. The predicted octanol–water partition coefficient (Wildman–Crippen LogP) is 2.35. The number of hydrogen-bond acceptors (Lipinski definition) is 4. The second kappa shape index (κ2) is 4.79. The minimum atomic E-state index is 0.215. The second-order valence-electron chi connectivity index (χ2n) is 2.40. The number of rotatable bonds is 4. The molecule has 1 unspecified atom stereocenters. The van der Waals surface area contributed by atoms with Crippen LogP contribution in [0.2, 0.25) is 0 Å². The Bertz CT molecular complexity index is 241. The van der Waals surface area contributed by atoms with E-state index in [0.29, 0.717) is 0 Å². The summed E-state index contributed by atoms with van der Waals surface area (Å²) in [5.74, 6) is 0. The minimum absolute atomic E-state index is 0.215. The zero-order chi connectivity index (χ0) is 8.97. The van der Waals surface area contributed by atoms with Crippen LogP contribution in [0, 0.1) is 0 Å². The van der Waals surface area contributed by atoms with Crippen molar-refractivity contribution in [3.8, 4) is 0 Å². The highest BCUT2D eigenvalue weighted by atomic mass is 79.9. The molecule has 0 aliphatic carbocycles. The summed E-state index contributed by atoms with van der Waals surface area (Å²) in [6.45, 7) is 2.80. The van der Waals surface area contributed by atoms with Crippen LogP contribution in [-0.2, 0) is 4.74 Å². The zero-order valence-electron chi connectivity index (χ0n) is 7.00. The molecule has 0 bridgehead atoms. The van der Waals surface area contributed by atoms with Gasteiger partial charge in [-0.2, -0.15) is 0 Å². The fourth-order valence-electron chi connectivity index (χ4n) is 0.650. The highest BCUT2D eigenvalue weighted by Gasteiger charge is 2.01. The molecule has 5 heteroatoms. The van der Waals surface area contributed by atoms with Gasteiger partial charge in [-0.25, -0.2) is 4.98 Å². The van der Waals surface area contributed by atoms with Gasteiger partial charge >= 0.3 is 0 Å². The van der Waals surface area contributed by atoms with Crippen molar-refractivity contribution in [2.24, 2.45) is 0 Å². The Morgan fingerprint density at radius 2 is 2.58 bits per heavy atom. The molecule has 1 N–H and O–H groups in total. The summed E-state index contributed by atoms with van der Waals surface area (Å²) in [7, 11) is 1.70. The largest absolute Gasteiger partial charge is 0.380 e. The third kappa shape index (κ3) is 3.08. The quantitative estimate of drug-likeness (QED) is 0.891. The van der Waals surface area contributed by atoms with Crippen LogP contribution in [0.4, 0.5) is 5.13 Å². The first-order chi connectivity index (χ1) is 5.72. The Balaban J connectivity index is 2.33. The molecule has 1 rings (SSSR count). The van der Waals surface area contributed by atoms with Crippen molar-refractivity contribution in [1.29, 1.82) is 0 Å². The predicted molar refractivity (Wildman–Crippen MR) is 54.8 cm³/mol. The van der Waals surface area contributed by atoms with Gasteiger partial charge in [0.2, 0.25) is 0 Å². The van der Waals surface area contributed by atoms with Crippen LogP contribution in [0.25, 0.3) is 0 Å². The lowest BCUT2D eigenvalue weighted by atomic mass is 10.4. The molecule has 3 nitrogen and oxygen atoms in total. The molecule has 0 spiro atoms. The molecule has 0 fully saturated rings. The number of thiazole rings is 1. The zero-order valence-corrected chi connectivity index (χ0v) is 9.41. The maximum Gasteiger partial charge on any atom is 0.183 e. The third-order valence-electron chi connectivity index (χ3n) is 1.42. The topological polar surface area (TPSA) is 34.1 Å². The molecule has 0 radical (unpaired) electrons. The van der Waals surface area contributed by atoms with Gasteiger partial charge in [-0.05, 0) is 22.9 Å². The number of anilines is 1. The van der Waals surface area contributed by atoms with Crippen molar-refractivity contribution in [2.45, 2.75) is 13.0 Å². The summed E-state index contributed by atoms with van der Waals surface area (Å²) in [4.78, 5) is 4.19. The van der Waals surface area contributed by atoms with Gasteiger partial charge in [0.25, 0.3) is 0 Å². The van der Waals surface area contributed by atoms with Crippen LogP contribution in [0.3, 0.4) is 0 Å². The molecule has 0 saturated heterocycles. The van der Waals surface area contributed by atoms with E-state index in [4.69, 9.17) is 4.74 Å². The lowest BCUT2D eigenvalue weighted by Crippen LogP contribution is -2.17. The summed E-state index contributed by atoms with van der Waals surface area (Å²) in [5, 5.41) is 6.03. The van der Waals surface area contributed by atoms with Crippen molar-refractivity contribution in [2.75, 3.05) is 19.0 Å². The summed E-state index contributed by atoms with van der Waals surface area (Å²) < 4.78 is 5.96. The minimum Gasteiger partial charge on any atom is -0.380 e. The highest BCUT2D eigenvalue weighted by molar-refractivity contribution is 9.10. The van der Waals surface area contributed by atoms with Gasteiger partial charge in [-0.15, -0.1) is 11.3 Å². The first-order valence-electron chi connectivity index (χ1n) is 3.60. The monoisotopic (exact) mass is 250 g/mol.